The van der Waals surface area contributed by atoms with E-state index in [-0.39, 0.29) is 11.9 Å². The van der Waals surface area contributed by atoms with Crippen molar-refractivity contribution >= 4 is 0 Å². The van der Waals surface area contributed by atoms with E-state index in [1.165, 1.54) is 12.1 Å². The van der Waals surface area contributed by atoms with Crippen LogP contribution in [0, 0.1) is 17.7 Å². The third-order valence-electron chi connectivity index (χ3n) is 2.67. The molecule has 0 saturated heterocycles. The van der Waals surface area contributed by atoms with Gasteiger partial charge in [-0.15, -0.1) is 0 Å². The Morgan fingerprint density at radius 3 is 2.53 bits per heavy atom. The maximum atomic E-state index is 12.9. The second-order valence-corrected chi connectivity index (χ2v) is 4.21. The fraction of sp³-hybridized carbons (Fsp3) is 0.125. The van der Waals surface area contributed by atoms with Crippen LogP contribution in [-0.4, -0.2) is 11.2 Å². The molecule has 0 bridgehead atoms. The van der Waals surface area contributed by atoms with E-state index in [4.69, 9.17) is 5.21 Å². The Kier molecular flexibility index (Phi) is 4.30. The van der Waals surface area contributed by atoms with Crippen molar-refractivity contribution in [3.05, 3.63) is 59.9 Å². The lowest BCUT2D eigenvalue weighted by molar-refractivity contribution is 0.152. The van der Waals surface area contributed by atoms with Gasteiger partial charge in [0.25, 0.3) is 0 Å². The standard InChI is InChI=1S/C16H14FNO/c1-12(18-19)5-6-13-3-2-4-15(11-13)14-7-9-16(17)10-8-14/h2-4,7-12,18-19H,1H3/t12-/m0/s1. The molecule has 0 spiro atoms. The van der Waals surface area contributed by atoms with Gasteiger partial charge in [-0.1, -0.05) is 36.1 Å². The highest BCUT2D eigenvalue weighted by Crippen LogP contribution is 2.20. The van der Waals surface area contributed by atoms with Crippen LogP contribution in [0.2, 0.25) is 0 Å². The summed E-state index contributed by atoms with van der Waals surface area (Å²) in [5.74, 6) is 5.59. The van der Waals surface area contributed by atoms with Crippen LogP contribution in [0.15, 0.2) is 48.5 Å². The Morgan fingerprint density at radius 2 is 1.84 bits per heavy atom. The minimum atomic E-state index is -0.283. The van der Waals surface area contributed by atoms with Gasteiger partial charge in [-0.25, -0.2) is 4.39 Å². The Hall–Kier alpha value is -2.15. The van der Waals surface area contributed by atoms with Crippen molar-refractivity contribution in [3.8, 4) is 23.0 Å². The summed E-state index contributed by atoms with van der Waals surface area (Å²) in [6, 6.07) is 13.7. The molecule has 0 amide bonds. The van der Waals surface area contributed by atoms with E-state index in [0.717, 1.165) is 16.7 Å². The molecular formula is C16H14FNO. The number of hydrogen-bond donors (Lipinski definition) is 2. The Bertz CT molecular complexity index is 611. The summed E-state index contributed by atoms with van der Waals surface area (Å²) in [4.78, 5) is 0. The summed E-state index contributed by atoms with van der Waals surface area (Å²) in [6.07, 6.45) is 0. The highest BCUT2D eigenvalue weighted by atomic mass is 19.1. The van der Waals surface area contributed by atoms with Crippen LogP contribution in [0.25, 0.3) is 11.1 Å². The first kappa shape index (κ1) is 13.3. The van der Waals surface area contributed by atoms with Gasteiger partial charge in [0.1, 0.15) is 5.82 Å². The molecule has 2 aromatic rings. The van der Waals surface area contributed by atoms with Crippen LogP contribution < -0.4 is 5.48 Å². The summed E-state index contributed by atoms with van der Waals surface area (Å²) >= 11 is 0. The minimum absolute atomic E-state index is 0.248. The third kappa shape index (κ3) is 3.65. The number of hydrogen-bond acceptors (Lipinski definition) is 2. The van der Waals surface area contributed by atoms with Crippen LogP contribution in [-0.2, 0) is 0 Å². The molecule has 0 unspecified atom stereocenters. The number of nitrogens with one attached hydrogen (secondary N) is 1. The molecule has 0 radical (unpaired) electrons. The number of halogens is 1. The van der Waals surface area contributed by atoms with Crippen molar-refractivity contribution in [2.45, 2.75) is 13.0 Å². The molecule has 96 valence electrons. The van der Waals surface area contributed by atoms with Crippen molar-refractivity contribution < 1.29 is 9.60 Å². The molecule has 3 heteroatoms. The molecule has 0 aliphatic rings. The van der Waals surface area contributed by atoms with Gasteiger partial charge >= 0.3 is 0 Å². The zero-order valence-corrected chi connectivity index (χ0v) is 10.5. The smallest absolute Gasteiger partial charge is 0.123 e. The first-order valence-electron chi connectivity index (χ1n) is 5.96. The maximum Gasteiger partial charge on any atom is 0.123 e. The summed E-state index contributed by atoms with van der Waals surface area (Å²) < 4.78 is 12.9. The quantitative estimate of drug-likeness (QED) is 0.638. The van der Waals surface area contributed by atoms with Crippen LogP contribution in [0.3, 0.4) is 0 Å². The van der Waals surface area contributed by atoms with Gasteiger partial charge in [0, 0.05) is 5.56 Å². The fourth-order valence-corrected chi connectivity index (χ4v) is 1.64. The third-order valence-corrected chi connectivity index (χ3v) is 2.67. The lowest BCUT2D eigenvalue weighted by Gasteiger charge is -2.02. The Balaban J connectivity index is 2.28. The molecule has 2 N–H and O–H groups in total. The molecular weight excluding hydrogens is 241 g/mol. The summed E-state index contributed by atoms with van der Waals surface area (Å²) in [6.45, 7) is 1.76. The van der Waals surface area contributed by atoms with Gasteiger partial charge < -0.3 is 5.21 Å². The molecule has 0 aliphatic carbocycles. The first-order valence-corrected chi connectivity index (χ1v) is 5.96. The molecule has 2 nitrogen and oxygen atoms in total. The molecule has 19 heavy (non-hydrogen) atoms. The second kappa shape index (κ2) is 6.14. The average Bonchev–Trinajstić information content (AvgIpc) is 2.46. The second-order valence-electron chi connectivity index (χ2n) is 4.21. The molecule has 0 fully saturated rings. The lowest BCUT2D eigenvalue weighted by Crippen LogP contribution is -2.19. The van der Waals surface area contributed by atoms with Gasteiger partial charge in [0.05, 0.1) is 6.04 Å². The monoisotopic (exact) mass is 255 g/mol. The van der Waals surface area contributed by atoms with E-state index in [2.05, 4.69) is 17.3 Å². The van der Waals surface area contributed by atoms with Crippen LogP contribution in [0.4, 0.5) is 4.39 Å². The molecule has 2 aromatic carbocycles. The molecule has 2 rings (SSSR count). The van der Waals surface area contributed by atoms with Crippen LogP contribution >= 0.6 is 0 Å². The zero-order chi connectivity index (χ0) is 13.7. The topological polar surface area (TPSA) is 32.3 Å². The highest BCUT2D eigenvalue weighted by Gasteiger charge is 1.99. The molecule has 1 atom stereocenters. The normalized spacial score (nSPS) is 11.5. The summed E-state index contributed by atoms with van der Waals surface area (Å²) in [5.41, 5.74) is 4.85. The largest absolute Gasteiger partial charge is 0.316 e. The SMILES string of the molecule is C[C@@H](C#Cc1cccc(-c2ccc(F)cc2)c1)NO. The zero-order valence-electron chi connectivity index (χ0n) is 10.5. The van der Waals surface area contributed by atoms with Gasteiger partial charge in [-0.3, -0.25) is 0 Å². The number of benzene rings is 2. The van der Waals surface area contributed by atoms with Gasteiger partial charge in [0.15, 0.2) is 0 Å². The van der Waals surface area contributed by atoms with E-state index in [1.54, 1.807) is 19.1 Å². The number of rotatable bonds is 2. The maximum absolute atomic E-state index is 12.9. The van der Waals surface area contributed by atoms with Crippen molar-refractivity contribution in [2.24, 2.45) is 0 Å². The van der Waals surface area contributed by atoms with Crippen molar-refractivity contribution in [1.82, 2.24) is 5.48 Å². The van der Waals surface area contributed by atoms with Crippen molar-refractivity contribution in [1.29, 1.82) is 0 Å². The lowest BCUT2D eigenvalue weighted by atomic mass is 10.0. The number of hydroxylamine groups is 1. The summed E-state index contributed by atoms with van der Waals surface area (Å²) in [7, 11) is 0. The molecule has 0 aromatic heterocycles. The summed E-state index contributed by atoms with van der Waals surface area (Å²) in [5, 5.41) is 8.68. The highest BCUT2D eigenvalue weighted by molar-refractivity contribution is 5.65. The van der Waals surface area contributed by atoms with E-state index < -0.39 is 0 Å². The molecule has 0 heterocycles. The van der Waals surface area contributed by atoms with E-state index in [0.29, 0.717) is 0 Å². The van der Waals surface area contributed by atoms with E-state index in [9.17, 15) is 4.39 Å². The molecule has 0 aliphatic heterocycles. The Morgan fingerprint density at radius 1 is 1.11 bits per heavy atom. The first-order chi connectivity index (χ1) is 9.19. The minimum Gasteiger partial charge on any atom is -0.316 e. The Labute approximate surface area is 111 Å². The van der Waals surface area contributed by atoms with Crippen LogP contribution in [0.5, 0.6) is 0 Å². The molecule has 0 saturated carbocycles. The van der Waals surface area contributed by atoms with Crippen molar-refractivity contribution in [2.75, 3.05) is 0 Å². The predicted molar refractivity (Wildman–Crippen MR) is 73.1 cm³/mol. The van der Waals surface area contributed by atoms with Gasteiger partial charge in [-0.05, 0) is 42.3 Å². The van der Waals surface area contributed by atoms with Crippen LogP contribution in [0.1, 0.15) is 12.5 Å². The average molecular weight is 255 g/mol. The van der Waals surface area contributed by atoms with Gasteiger partial charge in [-0.2, -0.15) is 5.48 Å². The predicted octanol–water partition coefficient (Wildman–Crippen LogP) is 3.21. The van der Waals surface area contributed by atoms with Gasteiger partial charge in [0.2, 0.25) is 0 Å². The van der Waals surface area contributed by atoms with Crippen molar-refractivity contribution in [3.63, 3.8) is 0 Å². The fourth-order valence-electron chi connectivity index (χ4n) is 1.64. The van der Waals surface area contributed by atoms with E-state index >= 15 is 0 Å². The van der Waals surface area contributed by atoms with E-state index in [1.807, 2.05) is 24.3 Å².